The first-order valence-corrected chi connectivity index (χ1v) is 14.3. The Morgan fingerprint density at radius 2 is 1.75 bits per heavy atom. The van der Waals surface area contributed by atoms with E-state index in [9.17, 15) is 31.1 Å². The zero-order valence-electron chi connectivity index (χ0n) is 19.2. The van der Waals surface area contributed by atoms with Crippen LogP contribution in [-0.4, -0.2) is 55.4 Å². The maximum atomic E-state index is 14.2. The normalized spacial score (nSPS) is 19.3. The fraction of sp³-hybridized carbons (Fsp3) is 0.333. The Balaban J connectivity index is 1.60. The first-order chi connectivity index (χ1) is 16.9. The predicted molar refractivity (Wildman–Crippen MR) is 133 cm³/mol. The van der Waals surface area contributed by atoms with Crippen LogP contribution < -0.4 is 4.90 Å². The van der Waals surface area contributed by atoms with E-state index in [1.54, 1.807) is 35.7 Å². The lowest BCUT2D eigenvalue weighted by molar-refractivity contribution is -0.258. The van der Waals surface area contributed by atoms with E-state index in [0.29, 0.717) is 29.8 Å². The van der Waals surface area contributed by atoms with Crippen LogP contribution in [0.4, 0.5) is 23.2 Å². The Hall–Kier alpha value is -2.12. The predicted octanol–water partition coefficient (Wildman–Crippen LogP) is 5.33. The van der Waals surface area contributed by atoms with Gasteiger partial charge in [-0.1, -0.05) is 30.3 Å². The van der Waals surface area contributed by atoms with Crippen LogP contribution in [-0.2, 0) is 15.6 Å². The van der Waals surface area contributed by atoms with Crippen LogP contribution in [0.2, 0.25) is 0 Å². The minimum absolute atomic E-state index is 0.129. The van der Waals surface area contributed by atoms with E-state index < -0.39 is 21.8 Å². The molecule has 2 aromatic carbocycles. The van der Waals surface area contributed by atoms with Crippen LogP contribution >= 0.6 is 23.1 Å². The Morgan fingerprint density at radius 1 is 1.06 bits per heavy atom. The molecule has 2 atom stereocenters. The molecule has 0 radical (unpaired) electrons. The topological polar surface area (TPSA) is 60.9 Å². The average Bonchev–Trinajstić information content (AvgIpc) is 3.39. The molecule has 1 saturated heterocycles. The number of benzene rings is 2. The van der Waals surface area contributed by atoms with Crippen molar-refractivity contribution >= 4 is 38.8 Å². The van der Waals surface area contributed by atoms with E-state index in [2.05, 4.69) is 0 Å². The van der Waals surface area contributed by atoms with Gasteiger partial charge >= 0.3 is 6.18 Å². The van der Waals surface area contributed by atoms with Crippen LogP contribution in [0.25, 0.3) is 0 Å². The fourth-order valence-corrected chi connectivity index (χ4v) is 7.61. The van der Waals surface area contributed by atoms with E-state index in [0.717, 1.165) is 11.3 Å². The van der Waals surface area contributed by atoms with Crippen molar-refractivity contribution in [3.63, 3.8) is 0 Å². The standard InChI is InChI=1S/C24H24F4N2O3S3/c1-23(31,24(26,27)28)17-8-10-18(11-9-17)30-13-12-29(36(32,33)22-7-4-14-34-22)15-19(30)16-35-21-6-3-2-5-20(21)25/h2-11,14,19,31H,12-13,15-16H2,1H3/t19-,23?/m1/s1. The molecular weight excluding hydrogens is 536 g/mol. The maximum absolute atomic E-state index is 14.2. The number of sulfonamides is 1. The highest BCUT2D eigenvalue weighted by atomic mass is 32.2. The van der Waals surface area contributed by atoms with Crippen molar-refractivity contribution in [2.45, 2.75) is 33.8 Å². The second-order valence-electron chi connectivity index (χ2n) is 8.50. The first kappa shape index (κ1) is 26.9. The largest absolute Gasteiger partial charge is 0.421 e. The van der Waals surface area contributed by atoms with Gasteiger partial charge < -0.3 is 10.0 Å². The zero-order chi connectivity index (χ0) is 26.1. The van der Waals surface area contributed by atoms with Crippen molar-refractivity contribution in [1.29, 1.82) is 0 Å². The SMILES string of the molecule is CC(O)(c1ccc(N2CCN(S(=O)(=O)c3cccs3)C[C@@H]2CSc2ccccc2F)cc1)C(F)(F)F. The second-order valence-corrected chi connectivity index (χ2v) is 12.7. The minimum atomic E-state index is -4.84. The van der Waals surface area contributed by atoms with E-state index >= 15 is 0 Å². The van der Waals surface area contributed by atoms with Crippen molar-refractivity contribution in [2.24, 2.45) is 0 Å². The van der Waals surface area contributed by atoms with Gasteiger partial charge in [-0.05, 0) is 48.2 Å². The summed E-state index contributed by atoms with van der Waals surface area (Å²) in [6, 6.07) is 14.5. The van der Waals surface area contributed by atoms with E-state index in [1.807, 2.05) is 4.90 Å². The molecule has 0 saturated carbocycles. The number of halogens is 4. The van der Waals surface area contributed by atoms with Gasteiger partial charge in [0, 0.05) is 36.0 Å². The summed E-state index contributed by atoms with van der Waals surface area (Å²) in [6.45, 7) is 1.30. The van der Waals surface area contributed by atoms with Gasteiger partial charge in [0.05, 0.1) is 6.04 Å². The quantitative estimate of drug-likeness (QED) is 0.313. The van der Waals surface area contributed by atoms with Gasteiger partial charge in [0.2, 0.25) is 0 Å². The van der Waals surface area contributed by atoms with Crippen LogP contribution in [0.1, 0.15) is 12.5 Å². The number of hydrogen-bond donors (Lipinski definition) is 1. The van der Waals surface area contributed by atoms with Crippen LogP contribution in [0, 0.1) is 5.82 Å². The van der Waals surface area contributed by atoms with Crippen molar-refractivity contribution < 1.29 is 31.1 Å². The highest BCUT2D eigenvalue weighted by molar-refractivity contribution is 7.99. The molecule has 5 nitrogen and oxygen atoms in total. The molecule has 0 amide bonds. The molecule has 1 unspecified atom stereocenters. The molecule has 4 rings (SSSR count). The molecule has 3 aromatic rings. The third-order valence-electron chi connectivity index (χ3n) is 6.12. The minimum Gasteiger partial charge on any atom is -0.376 e. The van der Waals surface area contributed by atoms with Crippen molar-refractivity contribution in [3.05, 3.63) is 77.4 Å². The van der Waals surface area contributed by atoms with E-state index in [-0.39, 0.29) is 34.7 Å². The Kier molecular flexibility index (Phi) is 7.73. The third kappa shape index (κ3) is 5.42. The molecule has 36 heavy (non-hydrogen) atoms. The number of thiophene rings is 1. The van der Waals surface area contributed by atoms with Gasteiger partial charge in [0.1, 0.15) is 10.0 Å². The summed E-state index contributed by atoms with van der Waals surface area (Å²) in [5, 5.41) is 11.7. The molecular formula is C24H24F4N2O3S3. The average molecular weight is 561 g/mol. The number of piperazine rings is 1. The molecule has 1 aromatic heterocycles. The fourth-order valence-electron chi connectivity index (χ4n) is 3.95. The molecule has 1 N–H and O–H groups in total. The lowest BCUT2D eigenvalue weighted by Crippen LogP contribution is -2.55. The van der Waals surface area contributed by atoms with Crippen molar-refractivity contribution in [1.82, 2.24) is 4.31 Å². The molecule has 2 heterocycles. The summed E-state index contributed by atoms with van der Waals surface area (Å²) in [6.07, 6.45) is -4.84. The molecule has 1 aliphatic rings. The number of nitrogens with zero attached hydrogens (tertiary/aromatic N) is 2. The molecule has 0 bridgehead atoms. The van der Waals surface area contributed by atoms with Crippen LogP contribution in [0.3, 0.4) is 0 Å². The summed E-state index contributed by atoms with van der Waals surface area (Å²) < 4.78 is 81.8. The lowest BCUT2D eigenvalue weighted by Gasteiger charge is -2.42. The van der Waals surface area contributed by atoms with Crippen molar-refractivity contribution in [2.75, 3.05) is 30.3 Å². The number of anilines is 1. The Morgan fingerprint density at radius 3 is 2.36 bits per heavy atom. The zero-order valence-corrected chi connectivity index (χ0v) is 21.6. The van der Waals surface area contributed by atoms with E-state index in [1.165, 1.54) is 46.4 Å². The Labute approximate surface area is 215 Å². The molecule has 1 aliphatic heterocycles. The number of hydrogen-bond acceptors (Lipinski definition) is 6. The van der Waals surface area contributed by atoms with Gasteiger partial charge in [-0.25, -0.2) is 12.8 Å². The summed E-state index contributed by atoms with van der Waals surface area (Å²) in [5.41, 5.74) is -2.71. The summed E-state index contributed by atoms with van der Waals surface area (Å²) in [7, 11) is -3.71. The summed E-state index contributed by atoms with van der Waals surface area (Å²) >= 11 is 2.37. The summed E-state index contributed by atoms with van der Waals surface area (Å²) in [4.78, 5) is 2.34. The van der Waals surface area contributed by atoms with Gasteiger partial charge in [-0.3, -0.25) is 0 Å². The highest BCUT2D eigenvalue weighted by Gasteiger charge is 2.51. The number of thioether (sulfide) groups is 1. The van der Waals surface area contributed by atoms with Gasteiger partial charge in [0.25, 0.3) is 10.0 Å². The smallest absolute Gasteiger partial charge is 0.376 e. The molecule has 194 valence electrons. The van der Waals surface area contributed by atoms with E-state index in [4.69, 9.17) is 0 Å². The van der Waals surface area contributed by atoms with Gasteiger partial charge in [-0.2, -0.15) is 17.5 Å². The summed E-state index contributed by atoms with van der Waals surface area (Å²) in [5.74, 6) is -0.0361. The van der Waals surface area contributed by atoms with Crippen molar-refractivity contribution in [3.8, 4) is 0 Å². The monoisotopic (exact) mass is 560 g/mol. The molecule has 12 heteroatoms. The third-order valence-corrected chi connectivity index (χ3v) is 10.5. The maximum Gasteiger partial charge on any atom is 0.421 e. The number of aliphatic hydroxyl groups is 1. The highest BCUT2D eigenvalue weighted by Crippen LogP contribution is 2.39. The molecule has 0 aliphatic carbocycles. The van der Waals surface area contributed by atoms with Gasteiger partial charge in [-0.15, -0.1) is 23.1 Å². The molecule has 0 spiro atoms. The van der Waals surface area contributed by atoms with Crippen LogP contribution in [0.15, 0.2) is 75.1 Å². The Bertz CT molecular complexity index is 1280. The number of alkyl halides is 3. The van der Waals surface area contributed by atoms with Crippen LogP contribution in [0.5, 0.6) is 0 Å². The number of rotatable bonds is 7. The first-order valence-electron chi connectivity index (χ1n) is 11.0. The lowest BCUT2D eigenvalue weighted by atomic mass is 9.95. The van der Waals surface area contributed by atoms with Gasteiger partial charge in [0.15, 0.2) is 5.60 Å². The second kappa shape index (κ2) is 10.3. The molecule has 1 fully saturated rings.